The van der Waals surface area contributed by atoms with Crippen LogP contribution in [0.4, 0.5) is 11.4 Å². The molecule has 0 fully saturated rings. The Morgan fingerprint density at radius 2 is 1.68 bits per heavy atom. The molecule has 146 valence electrons. The molecule has 0 aliphatic heterocycles. The van der Waals surface area contributed by atoms with E-state index in [1.54, 1.807) is 55.5 Å². The second kappa shape index (κ2) is 10.1. The molecule has 2 rings (SSSR count). The lowest BCUT2D eigenvalue weighted by molar-refractivity contribution is -0.120. The number of carbonyl (C=O) groups is 2. The van der Waals surface area contributed by atoms with E-state index in [-0.39, 0.29) is 16.9 Å². The summed E-state index contributed by atoms with van der Waals surface area (Å²) in [5.74, 6) is 0.533. The Hall–Kier alpha value is -3.39. The van der Waals surface area contributed by atoms with Crippen molar-refractivity contribution in [3.8, 4) is 5.75 Å². The second-order valence-corrected chi connectivity index (χ2v) is 6.13. The number of thiocarbonyl (C=S) groups is 1. The third-order valence-corrected chi connectivity index (χ3v) is 3.81. The van der Waals surface area contributed by atoms with Gasteiger partial charge in [-0.3, -0.25) is 14.9 Å². The molecule has 28 heavy (non-hydrogen) atoms. The van der Waals surface area contributed by atoms with Gasteiger partial charge in [0.1, 0.15) is 11.6 Å². The van der Waals surface area contributed by atoms with Gasteiger partial charge in [-0.05, 0) is 54.7 Å². The molecular formula is C20H22N4O3S. The lowest BCUT2D eigenvalue weighted by Crippen LogP contribution is -2.34. The number of anilines is 2. The fourth-order valence-electron chi connectivity index (χ4n) is 2.20. The zero-order valence-electron chi connectivity index (χ0n) is 15.7. The monoisotopic (exact) mass is 398 g/mol. The molecule has 0 spiro atoms. The van der Waals surface area contributed by atoms with Crippen molar-refractivity contribution in [1.29, 1.82) is 0 Å². The van der Waals surface area contributed by atoms with Gasteiger partial charge in [0.2, 0.25) is 5.91 Å². The molecule has 0 aliphatic carbocycles. The average molecular weight is 398 g/mol. The third kappa shape index (κ3) is 6.40. The number of benzene rings is 2. The van der Waals surface area contributed by atoms with Crippen LogP contribution in [0.5, 0.6) is 5.75 Å². The van der Waals surface area contributed by atoms with E-state index >= 15 is 0 Å². The van der Waals surface area contributed by atoms with Crippen molar-refractivity contribution in [3.63, 3.8) is 0 Å². The number of ether oxygens (including phenoxy) is 1. The lowest BCUT2D eigenvalue weighted by atomic mass is 10.2. The van der Waals surface area contributed by atoms with E-state index in [0.29, 0.717) is 29.2 Å². The topological polar surface area (TPSA) is 91.5 Å². The summed E-state index contributed by atoms with van der Waals surface area (Å²) >= 11 is 5.19. The number of hydrogen-bond acceptors (Lipinski definition) is 5. The molecule has 0 unspecified atom stereocenters. The van der Waals surface area contributed by atoms with Crippen LogP contribution in [-0.4, -0.2) is 24.0 Å². The minimum absolute atomic E-state index is 0.118. The zero-order chi connectivity index (χ0) is 20.5. The Kier molecular flexibility index (Phi) is 7.53. The van der Waals surface area contributed by atoms with Crippen LogP contribution in [0.2, 0.25) is 0 Å². The maximum atomic E-state index is 12.3. The van der Waals surface area contributed by atoms with Crippen molar-refractivity contribution < 1.29 is 14.3 Å². The van der Waals surface area contributed by atoms with Gasteiger partial charge < -0.3 is 20.7 Å². The van der Waals surface area contributed by atoms with E-state index in [1.165, 1.54) is 7.11 Å². The number of rotatable bonds is 7. The molecular weight excluding hydrogens is 376 g/mol. The molecule has 0 aliphatic rings. The summed E-state index contributed by atoms with van der Waals surface area (Å²) in [5, 5.41) is 11.4. The summed E-state index contributed by atoms with van der Waals surface area (Å²) in [7, 11) is 1.54. The number of methoxy groups -OCH3 is 1. The lowest BCUT2D eigenvalue weighted by Gasteiger charge is -2.13. The van der Waals surface area contributed by atoms with Crippen LogP contribution in [0.1, 0.15) is 23.7 Å². The summed E-state index contributed by atoms with van der Waals surface area (Å²) in [5.41, 5.74) is 1.89. The van der Waals surface area contributed by atoms with Crippen LogP contribution >= 0.6 is 12.2 Å². The van der Waals surface area contributed by atoms with Gasteiger partial charge in [0.25, 0.3) is 5.91 Å². The molecule has 8 heteroatoms. The van der Waals surface area contributed by atoms with E-state index in [0.717, 1.165) is 5.69 Å². The van der Waals surface area contributed by atoms with Crippen molar-refractivity contribution >= 4 is 40.5 Å². The van der Waals surface area contributed by atoms with E-state index in [9.17, 15) is 9.59 Å². The fraction of sp³-hybridized carbons (Fsp3) is 0.150. The predicted octanol–water partition coefficient (Wildman–Crippen LogP) is 3.23. The van der Waals surface area contributed by atoms with Crippen LogP contribution in [0.15, 0.2) is 60.9 Å². The highest BCUT2D eigenvalue weighted by molar-refractivity contribution is 7.80. The molecule has 0 atom stereocenters. The number of amides is 2. The molecule has 2 amide bonds. The predicted molar refractivity (Wildman–Crippen MR) is 114 cm³/mol. The molecule has 0 saturated carbocycles. The summed E-state index contributed by atoms with van der Waals surface area (Å²) in [6.07, 6.45) is 0.377. The quantitative estimate of drug-likeness (QED) is 0.535. The maximum absolute atomic E-state index is 12.3. The normalized spacial score (nSPS) is 9.79. The molecule has 4 N–H and O–H groups in total. The summed E-state index contributed by atoms with van der Waals surface area (Å²) in [6, 6.07) is 13.9. The van der Waals surface area contributed by atoms with E-state index in [2.05, 4.69) is 27.8 Å². The summed E-state index contributed by atoms with van der Waals surface area (Å²) in [4.78, 5) is 23.6. The Morgan fingerprint density at radius 3 is 2.29 bits per heavy atom. The molecule has 7 nitrogen and oxygen atoms in total. The van der Waals surface area contributed by atoms with E-state index in [1.807, 2.05) is 0 Å². The number of nitrogens with one attached hydrogen (secondary N) is 4. The first-order chi connectivity index (χ1) is 13.4. The highest BCUT2D eigenvalue weighted by atomic mass is 32.1. The Labute approximate surface area is 169 Å². The summed E-state index contributed by atoms with van der Waals surface area (Å²) in [6.45, 7) is 5.51. The number of hydrogen-bond donors (Lipinski definition) is 4. The largest absolute Gasteiger partial charge is 0.497 e. The van der Waals surface area contributed by atoms with Crippen LogP contribution in [0.3, 0.4) is 0 Å². The zero-order valence-corrected chi connectivity index (χ0v) is 16.5. The highest BCUT2D eigenvalue weighted by Gasteiger charge is 2.09. The second-order valence-electron chi connectivity index (χ2n) is 5.72. The van der Waals surface area contributed by atoms with Gasteiger partial charge in [-0.15, -0.1) is 0 Å². The van der Waals surface area contributed by atoms with Crippen molar-refractivity contribution in [2.24, 2.45) is 0 Å². The van der Waals surface area contributed by atoms with Crippen molar-refractivity contribution in [2.45, 2.75) is 13.3 Å². The van der Waals surface area contributed by atoms with Crippen molar-refractivity contribution in [1.82, 2.24) is 10.6 Å². The van der Waals surface area contributed by atoms with Gasteiger partial charge in [0.05, 0.1) is 7.11 Å². The van der Waals surface area contributed by atoms with Crippen LogP contribution in [-0.2, 0) is 4.79 Å². The maximum Gasteiger partial charge on any atom is 0.257 e. The average Bonchev–Trinajstić information content (AvgIpc) is 2.69. The molecule has 0 aromatic heterocycles. The van der Waals surface area contributed by atoms with Crippen molar-refractivity contribution in [2.75, 3.05) is 17.7 Å². The van der Waals surface area contributed by atoms with Gasteiger partial charge in [-0.1, -0.05) is 19.6 Å². The molecule has 0 bridgehead atoms. The standard InChI is InChI=1S/C20H22N4O3S/c1-4-18(25)22-13(2)21-15-8-10-16(11-9-15)23-20(28)24-19(26)14-6-5-7-17(12-14)27-3/h5-12,21H,2,4H2,1,3H3,(H,22,25)(H2,23,24,26,28). The van der Waals surface area contributed by atoms with E-state index in [4.69, 9.17) is 17.0 Å². The number of carbonyl (C=O) groups excluding carboxylic acids is 2. The van der Waals surface area contributed by atoms with Crippen molar-refractivity contribution in [3.05, 3.63) is 66.5 Å². The Bertz CT molecular complexity index is 881. The molecule has 0 heterocycles. The smallest absolute Gasteiger partial charge is 0.257 e. The van der Waals surface area contributed by atoms with Crippen LogP contribution < -0.4 is 26.0 Å². The Morgan fingerprint density at radius 1 is 1.04 bits per heavy atom. The van der Waals surface area contributed by atoms with Crippen LogP contribution in [0, 0.1) is 0 Å². The SMILES string of the molecule is C=C(NC(=O)CC)Nc1ccc(NC(=S)NC(=O)c2cccc(OC)c2)cc1. The third-order valence-electron chi connectivity index (χ3n) is 3.61. The van der Waals surface area contributed by atoms with Gasteiger partial charge in [0.15, 0.2) is 5.11 Å². The van der Waals surface area contributed by atoms with Gasteiger partial charge in [0, 0.05) is 23.4 Å². The molecule has 0 saturated heterocycles. The first-order valence-electron chi connectivity index (χ1n) is 8.53. The van der Waals surface area contributed by atoms with Gasteiger partial charge in [-0.2, -0.15) is 0 Å². The molecule has 0 radical (unpaired) electrons. The van der Waals surface area contributed by atoms with Gasteiger partial charge in [-0.25, -0.2) is 0 Å². The molecule has 2 aromatic rings. The minimum Gasteiger partial charge on any atom is -0.497 e. The summed E-state index contributed by atoms with van der Waals surface area (Å²) < 4.78 is 5.11. The van der Waals surface area contributed by atoms with Gasteiger partial charge >= 0.3 is 0 Å². The minimum atomic E-state index is -0.336. The highest BCUT2D eigenvalue weighted by Crippen LogP contribution is 2.15. The van der Waals surface area contributed by atoms with E-state index < -0.39 is 0 Å². The van der Waals surface area contributed by atoms with Crippen LogP contribution in [0.25, 0.3) is 0 Å². The molecule has 2 aromatic carbocycles. The first kappa shape index (κ1) is 20.9. The first-order valence-corrected chi connectivity index (χ1v) is 8.94. The Balaban J connectivity index is 1.89. The fourth-order valence-corrected chi connectivity index (χ4v) is 2.41.